The van der Waals surface area contributed by atoms with E-state index in [9.17, 15) is 28.0 Å². The fraction of sp³-hybridized carbons (Fsp3) is 0.697. The summed E-state index contributed by atoms with van der Waals surface area (Å²) in [5.41, 5.74) is -0.0313. The number of hydrogen-bond acceptors (Lipinski definition) is 7. The van der Waals surface area contributed by atoms with Gasteiger partial charge < -0.3 is 14.8 Å². The number of carbonyl (C=O) groups excluding carboxylic acids is 4. The summed E-state index contributed by atoms with van der Waals surface area (Å²) in [6.45, 7) is 3.56. The molecule has 238 valence electrons. The number of rotatable bonds is 16. The predicted octanol–water partition coefficient (Wildman–Crippen LogP) is 4.56. The molecule has 0 bridgehead atoms. The Kier molecular flexibility index (Phi) is 11.1. The highest BCUT2D eigenvalue weighted by Gasteiger charge is 2.50. The highest BCUT2D eigenvalue weighted by Crippen LogP contribution is 2.37. The van der Waals surface area contributed by atoms with Crippen molar-refractivity contribution in [2.24, 2.45) is 17.8 Å². The largest absolute Gasteiger partial charge is 0.497 e. The predicted molar refractivity (Wildman–Crippen MR) is 157 cm³/mol. The Hall–Kier alpha value is -2.72. The van der Waals surface area contributed by atoms with Crippen molar-refractivity contribution in [2.45, 2.75) is 95.6 Å². The van der Waals surface area contributed by atoms with Crippen LogP contribution in [0.5, 0.6) is 5.75 Å². The van der Waals surface area contributed by atoms with E-state index >= 15 is 0 Å². The van der Waals surface area contributed by atoms with E-state index in [1.165, 1.54) is 4.90 Å². The molecule has 1 amide bonds. The van der Waals surface area contributed by atoms with E-state index in [2.05, 4.69) is 5.32 Å². The standard InChI is InChI=1S/C33H46F2N2O6/c1-22(15-26(38)19-37-14-6-13-33(34,35)20-37)31(41)36-28(17-24-9-11-27(42-3)12-10-24)29(39)18-25(16-23-7-4-5-8-23)30(40)32(2)21-43-32/h9-12,22-23,25,28H,4-8,13-21H2,1-3H3,(H,36,41)/t22-,25-,28+,32-/m1/s1. The maximum atomic E-state index is 13.8. The molecule has 43 heavy (non-hydrogen) atoms. The molecular weight excluding hydrogens is 558 g/mol. The van der Waals surface area contributed by atoms with Crippen molar-refractivity contribution in [3.63, 3.8) is 0 Å². The van der Waals surface area contributed by atoms with Crippen molar-refractivity contribution in [3.8, 4) is 5.75 Å². The van der Waals surface area contributed by atoms with Crippen LogP contribution in [0.1, 0.15) is 77.2 Å². The van der Waals surface area contributed by atoms with Gasteiger partial charge in [-0.2, -0.15) is 0 Å². The highest BCUT2D eigenvalue weighted by atomic mass is 19.3. The Morgan fingerprint density at radius 1 is 1.09 bits per heavy atom. The van der Waals surface area contributed by atoms with Crippen LogP contribution < -0.4 is 10.1 Å². The van der Waals surface area contributed by atoms with E-state index in [1.807, 2.05) is 12.1 Å². The van der Waals surface area contributed by atoms with E-state index in [0.717, 1.165) is 31.2 Å². The molecule has 1 saturated carbocycles. The zero-order valence-corrected chi connectivity index (χ0v) is 25.7. The van der Waals surface area contributed by atoms with Crippen molar-refractivity contribution < 1.29 is 37.4 Å². The Labute approximate surface area is 253 Å². The van der Waals surface area contributed by atoms with E-state index in [1.54, 1.807) is 33.1 Å². The second-order valence-corrected chi connectivity index (χ2v) is 13.1. The van der Waals surface area contributed by atoms with E-state index in [0.29, 0.717) is 37.7 Å². The van der Waals surface area contributed by atoms with Crippen LogP contribution in [0, 0.1) is 17.8 Å². The Balaban J connectivity index is 1.43. The molecule has 0 radical (unpaired) electrons. The number of epoxide rings is 1. The fourth-order valence-corrected chi connectivity index (χ4v) is 6.49. The van der Waals surface area contributed by atoms with E-state index in [-0.39, 0.29) is 49.6 Å². The number of nitrogens with one attached hydrogen (secondary N) is 1. The molecule has 0 unspecified atom stereocenters. The summed E-state index contributed by atoms with van der Waals surface area (Å²) in [6.07, 6.45) is 5.22. The van der Waals surface area contributed by atoms with Crippen molar-refractivity contribution in [1.82, 2.24) is 10.2 Å². The number of piperidine rings is 1. The SMILES string of the molecule is COc1ccc(C[C@H](NC(=O)[C@H](C)CC(=O)CN2CCCC(F)(F)C2)C(=O)C[C@@H](CC2CCCC2)C(=O)[C@@]2(C)CO2)cc1. The first-order valence-electron chi connectivity index (χ1n) is 15.6. The number of alkyl halides is 2. The van der Waals surface area contributed by atoms with Crippen LogP contribution in [0.2, 0.25) is 0 Å². The summed E-state index contributed by atoms with van der Waals surface area (Å²) < 4.78 is 38.2. The van der Waals surface area contributed by atoms with Gasteiger partial charge in [-0.05, 0) is 56.3 Å². The maximum absolute atomic E-state index is 13.8. The van der Waals surface area contributed by atoms with Crippen LogP contribution in [-0.4, -0.2) is 79.1 Å². The van der Waals surface area contributed by atoms with Crippen LogP contribution in [0.3, 0.4) is 0 Å². The number of benzene rings is 1. The number of nitrogens with zero attached hydrogens (tertiary/aromatic N) is 1. The minimum atomic E-state index is -2.81. The number of halogens is 2. The minimum absolute atomic E-state index is 0.00582. The van der Waals surface area contributed by atoms with E-state index < -0.39 is 41.9 Å². The van der Waals surface area contributed by atoms with Crippen LogP contribution in [0.25, 0.3) is 0 Å². The molecule has 4 atom stereocenters. The summed E-state index contributed by atoms with van der Waals surface area (Å²) in [7, 11) is 1.56. The molecule has 8 nitrogen and oxygen atoms in total. The number of hydrogen-bond donors (Lipinski definition) is 1. The van der Waals surface area contributed by atoms with Gasteiger partial charge in [-0.15, -0.1) is 0 Å². The molecule has 1 aromatic rings. The number of amides is 1. The van der Waals surface area contributed by atoms with Crippen molar-refractivity contribution in [3.05, 3.63) is 29.8 Å². The molecule has 0 spiro atoms. The Bertz CT molecular complexity index is 1150. The van der Waals surface area contributed by atoms with Gasteiger partial charge in [-0.1, -0.05) is 44.7 Å². The van der Waals surface area contributed by atoms with Crippen molar-refractivity contribution in [1.29, 1.82) is 0 Å². The minimum Gasteiger partial charge on any atom is -0.497 e. The van der Waals surface area contributed by atoms with Gasteiger partial charge in [0.05, 0.1) is 32.8 Å². The molecule has 0 aromatic heterocycles. The lowest BCUT2D eigenvalue weighted by Gasteiger charge is -2.32. The number of carbonyl (C=O) groups is 4. The van der Waals surface area contributed by atoms with Crippen molar-refractivity contribution >= 4 is 23.3 Å². The van der Waals surface area contributed by atoms with Gasteiger partial charge in [-0.3, -0.25) is 24.1 Å². The molecule has 1 N–H and O–H groups in total. The fourth-order valence-electron chi connectivity index (χ4n) is 6.49. The number of methoxy groups -OCH3 is 1. The number of ketones is 3. The summed E-state index contributed by atoms with van der Waals surface area (Å²) >= 11 is 0. The van der Waals surface area contributed by atoms with Gasteiger partial charge in [0.2, 0.25) is 5.91 Å². The summed E-state index contributed by atoms with van der Waals surface area (Å²) in [5.74, 6) is -4.03. The summed E-state index contributed by atoms with van der Waals surface area (Å²) in [4.78, 5) is 54.7. The smallest absolute Gasteiger partial charge is 0.260 e. The van der Waals surface area contributed by atoms with Crippen LogP contribution >= 0.6 is 0 Å². The van der Waals surface area contributed by atoms with Gasteiger partial charge in [0.15, 0.2) is 11.6 Å². The van der Waals surface area contributed by atoms with Gasteiger partial charge in [0.25, 0.3) is 5.92 Å². The van der Waals surface area contributed by atoms with Gasteiger partial charge in [0.1, 0.15) is 17.1 Å². The highest BCUT2D eigenvalue weighted by molar-refractivity contribution is 5.97. The third-order valence-corrected chi connectivity index (χ3v) is 9.17. The molecular formula is C33H46F2N2O6. The van der Waals surface area contributed by atoms with Gasteiger partial charge in [-0.25, -0.2) is 8.78 Å². The first kappa shape index (κ1) is 33.2. The monoisotopic (exact) mass is 604 g/mol. The zero-order chi connectivity index (χ0) is 31.2. The third-order valence-electron chi connectivity index (χ3n) is 9.17. The third kappa shape index (κ3) is 9.63. The second kappa shape index (κ2) is 14.4. The Morgan fingerprint density at radius 2 is 1.77 bits per heavy atom. The lowest BCUT2D eigenvalue weighted by atomic mass is 9.81. The normalized spacial score (nSPS) is 24.1. The zero-order valence-electron chi connectivity index (χ0n) is 25.7. The van der Waals surface area contributed by atoms with Crippen LogP contribution in [0.15, 0.2) is 24.3 Å². The molecule has 10 heteroatoms. The first-order valence-corrected chi connectivity index (χ1v) is 15.6. The summed E-state index contributed by atoms with van der Waals surface area (Å²) in [5, 5.41) is 2.86. The second-order valence-electron chi connectivity index (χ2n) is 13.1. The van der Waals surface area contributed by atoms with E-state index in [4.69, 9.17) is 9.47 Å². The molecule has 3 aliphatic rings. The average molecular weight is 605 g/mol. The lowest BCUT2D eigenvalue weighted by molar-refractivity contribution is -0.135. The topological polar surface area (TPSA) is 105 Å². The lowest BCUT2D eigenvalue weighted by Crippen LogP contribution is -2.47. The molecule has 2 aliphatic heterocycles. The number of ether oxygens (including phenoxy) is 2. The number of Topliss-reactive ketones (excluding diaryl/α,β-unsaturated/α-hetero) is 3. The molecule has 2 saturated heterocycles. The molecule has 3 fully saturated rings. The van der Waals surface area contributed by atoms with Gasteiger partial charge >= 0.3 is 0 Å². The molecule has 1 aliphatic carbocycles. The van der Waals surface area contributed by atoms with Crippen LogP contribution in [0.4, 0.5) is 8.78 Å². The molecule has 4 rings (SSSR count). The average Bonchev–Trinajstić information content (AvgIpc) is 3.49. The first-order chi connectivity index (χ1) is 20.4. The summed E-state index contributed by atoms with van der Waals surface area (Å²) in [6, 6.07) is 6.31. The van der Waals surface area contributed by atoms with Gasteiger partial charge in [0, 0.05) is 31.1 Å². The van der Waals surface area contributed by atoms with Crippen molar-refractivity contribution in [2.75, 3.05) is 33.4 Å². The molecule has 2 heterocycles. The Morgan fingerprint density at radius 3 is 2.37 bits per heavy atom. The number of likely N-dealkylation sites (tertiary alicyclic amines) is 1. The quantitative estimate of drug-likeness (QED) is 0.276. The molecule has 1 aromatic carbocycles. The maximum Gasteiger partial charge on any atom is 0.260 e. The van der Waals surface area contributed by atoms with Crippen LogP contribution in [-0.2, 0) is 30.3 Å².